The standard InChI is InChI=1S/C7H15N3O2/c8-5(7(11)12)3-1-2-4-6(9)10/h5H,1-4,8H2,(H3,9,10)(H,11,12)/p+1/t5-/m1/s1. The van der Waals surface area contributed by atoms with Crippen molar-refractivity contribution >= 4 is 11.8 Å². The maximum Gasteiger partial charge on any atom is 0.362 e. The molecule has 5 nitrogen and oxygen atoms in total. The average Bonchev–Trinajstić information content (AvgIpc) is 1.97. The zero-order valence-electron chi connectivity index (χ0n) is 7.05. The van der Waals surface area contributed by atoms with Crippen LogP contribution in [0.3, 0.4) is 0 Å². The summed E-state index contributed by atoms with van der Waals surface area (Å²) >= 11 is 0. The third-order valence-electron chi connectivity index (χ3n) is 1.60. The van der Waals surface area contributed by atoms with E-state index in [1.54, 1.807) is 0 Å². The van der Waals surface area contributed by atoms with Gasteiger partial charge in [-0.2, -0.15) is 0 Å². The zero-order chi connectivity index (χ0) is 9.56. The topological polar surface area (TPSA) is 115 Å². The minimum atomic E-state index is -0.863. The first-order valence-corrected chi connectivity index (χ1v) is 3.93. The van der Waals surface area contributed by atoms with Crippen molar-refractivity contribution in [3.63, 3.8) is 0 Å². The Morgan fingerprint density at radius 1 is 1.58 bits per heavy atom. The van der Waals surface area contributed by atoms with Crippen LogP contribution >= 0.6 is 0 Å². The van der Waals surface area contributed by atoms with Crippen LogP contribution in [0.25, 0.3) is 0 Å². The van der Waals surface area contributed by atoms with E-state index >= 15 is 0 Å². The van der Waals surface area contributed by atoms with Crippen LogP contribution < -0.4 is 11.5 Å². The molecular weight excluding hydrogens is 158 g/mol. The number of unbranched alkanes of at least 4 members (excludes halogenated alkanes) is 1. The molecule has 0 fully saturated rings. The summed E-state index contributed by atoms with van der Waals surface area (Å²) < 4.78 is 0. The van der Waals surface area contributed by atoms with E-state index in [-0.39, 0.29) is 5.84 Å². The van der Waals surface area contributed by atoms with Crippen molar-refractivity contribution < 1.29 is 15.6 Å². The highest BCUT2D eigenvalue weighted by atomic mass is 16.4. The van der Waals surface area contributed by atoms with Crippen molar-refractivity contribution in [2.24, 2.45) is 5.73 Å². The van der Waals surface area contributed by atoms with Crippen LogP contribution in [-0.4, -0.2) is 23.0 Å². The molecule has 0 aliphatic heterocycles. The Labute approximate surface area is 71.2 Å². The van der Waals surface area contributed by atoms with Crippen molar-refractivity contribution in [3.05, 3.63) is 0 Å². The molecule has 0 aromatic carbocycles. The van der Waals surface area contributed by atoms with Crippen LogP contribution in [0.2, 0.25) is 0 Å². The lowest BCUT2D eigenvalue weighted by atomic mass is 10.1. The minimum Gasteiger partial charge on any atom is -0.477 e. The summed E-state index contributed by atoms with van der Waals surface area (Å²) in [5, 5.41) is 15.4. The van der Waals surface area contributed by atoms with Crippen molar-refractivity contribution in [1.29, 1.82) is 5.41 Å². The number of nitrogens with two attached hydrogens (primary N) is 1. The third-order valence-corrected chi connectivity index (χ3v) is 1.60. The molecule has 0 radical (unpaired) electrons. The van der Waals surface area contributed by atoms with Crippen LogP contribution in [0.1, 0.15) is 25.7 Å². The molecule has 5 heteroatoms. The smallest absolute Gasteiger partial charge is 0.362 e. The quantitative estimate of drug-likeness (QED) is 0.239. The normalized spacial score (nSPS) is 12.4. The highest BCUT2D eigenvalue weighted by Crippen LogP contribution is 2.00. The summed E-state index contributed by atoms with van der Waals surface area (Å²) in [6, 6.07) is -0.531. The first-order valence-electron chi connectivity index (χ1n) is 3.93. The van der Waals surface area contributed by atoms with Gasteiger partial charge in [0.15, 0.2) is 6.04 Å². The maximum atomic E-state index is 10.3. The van der Waals surface area contributed by atoms with E-state index < -0.39 is 12.0 Å². The second kappa shape index (κ2) is 5.54. The van der Waals surface area contributed by atoms with E-state index in [2.05, 4.69) is 5.73 Å². The molecule has 0 aromatic heterocycles. The molecule has 0 unspecified atom stereocenters. The van der Waals surface area contributed by atoms with Gasteiger partial charge in [-0.25, -0.2) is 4.79 Å². The molecule has 70 valence electrons. The van der Waals surface area contributed by atoms with Gasteiger partial charge in [-0.05, 0) is 12.8 Å². The Morgan fingerprint density at radius 2 is 2.17 bits per heavy atom. The SMILES string of the molecule is N=C(N)CCCC[C@@H]([NH3+])C(=O)O. The molecule has 0 bridgehead atoms. The van der Waals surface area contributed by atoms with Gasteiger partial charge in [0, 0.05) is 12.8 Å². The summed E-state index contributed by atoms with van der Waals surface area (Å²) in [6.45, 7) is 0. The Hall–Kier alpha value is -1.10. The summed E-state index contributed by atoms with van der Waals surface area (Å²) in [4.78, 5) is 10.3. The number of rotatable bonds is 6. The van der Waals surface area contributed by atoms with Gasteiger partial charge in [-0.15, -0.1) is 0 Å². The predicted molar refractivity (Wildman–Crippen MR) is 44.7 cm³/mol. The molecule has 7 N–H and O–H groups in total. The number of hydrogen-bond donors (Lipinski definition) is 4. The highest BCUT2D eigenvalue weighted by molar-refractivity contribution is 5.76. The fourth-order valence-corrected chi connectivity index (χ4v) is 0.830. The van der Waals surface area contributed by atoms with Gasteiger partial charge in [0.1, 0.15) is 0 Å². The van der Waals surface area contributed by atoms with Gasteiger partial charge in [0.2, 0.25) is 0 Å². The number of carbonyl (C=O) groups is 1. The average molecular weight is 174 g/mol. The molecule has 0 aliphatic rings. The van der Waals surface area contributed by atoms with E-state index in [0.29, 0.717) is 12.8 Å². The Balaban J connectivity index is 3.31. The number of nitrogens with one attached hydrogen (secondary N) is 1. The lowest BCUT2D eigenvalue weighted by Gasteiger charge is -2.01. The van der Waals surface area contributed by atoms with Gasteiger partial charge in [0.25, 0.3) is 0 Å². The predicted octanol–water partition coefficient (Wildman–Crippen LogP) is -0.822. The molecule has 0 aliphatic carbocycles. The maximum absolute atomic E-state index is 10.3. The third kappa shape index (κ3) is 5.67. The molecule has 0 aromatic rings. The first-order chi connectivity index (χ1) is 5.54. The highest BCUT2D eigenvalue weighted by Gasteiger charge is 2.13. The molecule has 0 spiro atoms. The van der Waals surface area contributed by atoms with Gasteiger partial charge in [-0.1, -0.05) is 0 Å². The van der Waals surface area contributed by atoms with Crippen LogP contribution in [0.5, 0.6) is 0 Å². The Kier molecular flexibility index (Phi) is 5.03. The Morgan fingerprint density at radius 3 is 2.58 bits per heavy atom. The van der Waals surface area contributed by atoms with Crippen molar-refractivity contribution in [1.82, 2.24) is 0 Å². The molecule has 0 rings (SSSR count). The lowest BCUT2D eigenvalue weighted by Crippen LogP contribution is -2.64. The second-order valence-electron chi connectivity index (χ2n) is 2.81. The second-order valence-corrected chi connectivity index (χ2v) is 2.81. The number of carboxylic acids is 1. The van der Waals surface area contributed by atoms with Gasteiger partial charge < -0.3 is 16.6 Å². The number of amidine groups is 1. The largest absolute Gasteiger partial charge is 0.477 e. The van der Waals surface area contributed by atoms with Gasteiger partial charge >= 0.3 is 5.97 Å². The fraction of sp³-hybridized carbons (Fsp3) is 0.714. The summed E-state index contributed by atoms with van der Waals surface area (Å²) in [6.07, 6.45) is 2.64. The molecule has 0 amide bonds. The molecule has 0 saturated carbocycles. The molecule has 12 heavy (non-hydrogen) atoms. The molecule has 0 saturated heterocycles. The van der Waals surface area contributed by atoms with Gasteiger partial charge in [0.05, 0.1) is 5.84 Å². The number of carboxylic acid groups (broad SMARTS) is 1. The monoisotopic (exact) mass is 174 g/mol. The lowest BCUT2D eigenvalue weighted by molar-refractivity contribution is -0.409. The van der Waals surface area contributed by atoms with E-state index in [4.69, 9.17) is 16.2 Å². The molecule has 1 atom stereocenters. The number of aliphatic carboxylic acids is 1. The van der Waals surface area contributed by atoms with Crippen LogP contribution in [0, 0.1) is 5.41 Å². The number of quaternary nitrogens is 1. The van der Waals surface area contributed by atoms with Crippen LogP contribution in [0.15, 0.2) is 0 Å². The van der Waals surface area contributed by atoms with Crippen LogP contribution in [-0.2, 0) is 4.79 Å². The Bertz CT molecular complexity index is 170. The van der Waals surface area contributed by atoms with Gasteiger partial charge in [-0.3, -0.25) is 5.41 Å². The summed E-state index contributed by atoms with van der Waals surface area (Å²) in [5.41, 5.74) is 8.59. The van der Waals surface area contributed by atoms with Crippen molar-refractivity contribution in [2.75, 3.05) is 0 Å². The van der Waals surface area contributed by atoms with E-state index in [0.717, 1.165) is 12.8 Å². The van der Waals surface area contributed by atoms with E-state index in [1.807, 2.05) is 0 Å². The minimum absolute atomic E-state index is 0.158. The van der Waals surface area contributed by atoms with E-state index in [9.17, 15) is 4.79 Å². The molecular formula is C7H16N3O2+. The van der Waals surface area contributed by atoms with Crippen LogP contribution in [0.4, 0.5) is 0 Å². The fourth-order valence-electron chi connectivity index (χ4n) is 0.830. The number of hydrogen-bond acceptors (Lipinski definition) is 2. The van der Waals surface area contributed by atoms with Crippen molar-refractivity contribution in [2.45, 2.75) is 31.7 Å². The summed E-state index contributed by atoms with van der Waals surface area (Å²) in [7, 11) is 0. The first kappa shape index (κ1) is 10.9. The van der Waals surface area contributed by atoms with Crippen molar-refractivity contribution in [3.8, 4) is 0 Å². The van der Waals surface area contributed by atoms with E-state index in [1.165, 1.54) is 0 Å². The molecule has 0 heterocycles. The summed E-state index contributed by atoms with van der Waals surface area (Å²) in [5.74, 6) is -0.705. The zero-order valence-corrected chi connectivity index (χ0v) is 7.05.